The summed E-state index contributed by atoms with van der Waals surface area (Å²) < 4.78 is 2.37. The highest BCUT2D eigenvalue weighted by Gasteiger charge is 2.32. The van der Waals surface area contributed by atoms with E-state index >= 15 is 0 Å². The minimum absolute atomic E-state index is 0.786. The van der Waals surface area contributed by atoms with E-state index in [2.05, 4.69) is 103 Å². The van der Waals surface area contributed by atoms with Gasteiger partial charge in [0.25, 0.3) is 0 Å². The van der Waals surface area contributed by atoms with Crippen LogP contribution in [0.2, 0.25) is 0 Å². The van der Waals surface area contributed by atoms with Gasteiger partial charge in [-0.3, -0.25) is 0 Å². The van der Waals surface area contributed by atoms with Crippen molar-refractivity contribution in [3.05, 3.63) is 112 Å². The molecule has 1 aliphatic rings. The number of allylic oxidation sites excluding steroid dienone is 1. The molecule has 0 saturated carbocycles. The van der Waals surface area contributed by atoms with Crippen LogP contribution in [0.25, 0.3) is 11.6 Å². The fraction of sp³-hybridized carbons (Fsp3) is 0.344. The zero-order valence-electron chi connectivity index (χ0n) is 22.7. The molecule has 4 rings (SSSR count). The highest BCUT2D eigenvalue weighted by molar-refractivity contribution is 7.09. The molecule has 3 heterocycles. The van der Waals surface area contributed by atoms with Crippen LogP contribution in [-0.4, -0.2) is 25.9 Å². The monoisotopic (exact) mass is 512 g/mol. The Morgan fingerprint density at radius 3 is 2.43 bits per heavy atom. The van der Waals surface area contributed by atoms with Crippen molar-refractivity contribution in [2.75, 3.05) is 6.54 Å². The van der Waals surface area contributed by atoms with E-state index in [4.69, 9.17) is 4.98 Å². The molecule has 0 N–H and O–H groups in total. The van der Waals surface area contributed by atoms with Gasteiger partial charge in [-0.1, -0.05) is 77.3 Å². The van der Waals surface area contributed by atoms with E-state index in [0.717, 1.165) is 80.5 Å². The van der Waals surface area contributed by atoms with Crippen molar-refractivity contribution in [3.8, 4) is 0 Å². The Morgan fingerprint density at radius 1 is 1.00 bits per heavy atom. The maximum absolute atomic E-state index is 4.87. The van der Waals surface area contributed by atoms with E-state index < -0.39 is 0 Å². The maximum Gasteiger partial charge on any atom is 0.109 e. The predicted molar refractivity (Wildman–Crippen MR) is 159 cm³/mol. The Kier molecular flexibility index (Phi) is 8.88. The first-order valence-corrected chi connectivity index (χ1v) is 14.3. The van der Waals surface area contributed by atoms with E-state index in [0.29, 0.717) is 0 Å². The van der Waals surface area contributed by atoms with Gasteiger partial charge in [-0.25, -0.2) is 4.98 Å². The Morgan fingerprint density at radius 2 is 1.78 bits per heavy atom. The molecule has 0 aliphatic carbocycles. The Bertz CT molecular complexity index is 1260. The van der Waals surface area contributed by atoms with E-state index in [1.165, 1.54) is 21.6 Å². The van der Waals surface area contributed by atoms with Gasteiger partial charge in [-0.05, 0) is 53.5 Å². The van der Waals surface area contributed by atoms with Crippen molar-refractivity contribution >= 4 is 23.0 Å². The predicted octanol–water partition coefficient (Wildman–Crippen LogP) is 8.31. The van der Waals surface area contributed by atoms with Crippen LogP contribution in [0.4, 0.5) is 0 Å². The summed E-state index contributed by atoms with van der Waals surface area (Å²) in [7, 11) is 0. The van der Waals surface area contributed by atoms with Gasteiger partial charge in [0.15, 0.2) is 0 Å². The van der Waals surface area contributed by atoms with Gasteiger partial charge < -0.3 is 14.4 Å². The molecule has 3 aromatic rings. The molecule has 0 bridgehead atoms. The number of nitrogens with zero attached hydrogens (tertiary/aromatic N) is 4. The molecule has 0 spiro atoms. The zero-order chi connectivity index (χ0) is 26.4. The highest BCUT2D eigenvalue weighted by Crippen LogP contribution is 2.37. The first-order valence-electron chi connectivity index (χ1n) is 13.5. The van der Waals surface area contributed by atoms with Crippen molar-refractivity contribution in [3.63, 3.8) is 0 Å². The van der Waals surface area contributed by atoms with Gasteiger partial charge in [0.2, 0.25) is 0 Å². The molecule has 0 unspecified atom stereocenters. The molecule has 0 atom stereocenters. The summed E-state index contributed by atoms with van der Waals surface area (Å²) in [6.07, 6.45) is 9.52. The highest BCUT2D eigenvalue weighted by atomic mass is 32.1. The topological polar surface area (TPSA) is 24.3 Å². The van der Waals surface area contributed by atoms with Crippen LogP contribution in [0.3, 0.4) is 0 Å². The summed E-state index contributed by atoms with van der Waals surface area (Å²) in [6, 6.07) is 13.1. The number of benzene rings is 1. The fourth-order valence-electron chi connectivity index (χ4n) is 4.75. The first kappa shape index (κ1) is 26.7. The Balaban J connectivity index is 1.71. The molecule has 5 heteroatoms. The van der Waals surface area contributed by atoms with Crippen LogP contribution in [0.5, 0.6) is 0 Å². The quantitative estimate of drug-likeness (QED) is 0.244. The van der Waals surface area contributed by atoms with Crippen molar-refractivity contribution in [1.29, 1.82) is 0 Å². The molecule has 4 nitrogen and oxygen atoms in total. The molecule has 1 aliphatic heterocycles. The number of hydrogen-bond acceptors (Lipinski definition) is 4. The van der Waals surface area contributed by atoms with Crippen LogP contribution in [-0.2, 0) is 19.5 Å². The van der Waals surface area contributed by atoms with E-state index in [1.807, 2.05) is 6.20 Å². The maximum atomic E-state index is 4.87. The lowest BCUT2D eigenvalue weighted by Gasteiger charge is -2.22. The molecule has 194 valence electrons. The minimum Gasteiger partial charge on any atom is -0.327 e. The second-order valence-corrected chi connectivity index (χ2v) is 10.7. The number of imidazole rings is 1. The van der Waals surface area contributed by atoms with E-state index in [9.17, 15) is 0 Å². The molecule has 0 radical (unpaired) electrons. The largest absolute Gasteiger partial charge is 0.327 e. The van der Waals surface area contributed by atoms with Gasteiger partial charge in [-0.2, -0.15) is 0 Å². The third kappa shape index (κ3) is 5.99. The molecule has 1 saturated heterocycles. The van der Waals surface area contributed by atoms with Gasteiger partial charge >= 0.3 is 0 Å². The van der Waals surface area contributed by atoms with Gasteiger partial charge in [-0.15, -0.1) is 11.3 Å². The van der Waals surface area contributed by atoms with Crippen LogP contribution in [0.15, 0.2) is 84.9 Å². The van der Waals surface area contributed by atoms with Gasteiger partial charge in [0, 0.05) is 24.4 Å². The molecule has 37 heavy (non-hydrogen) atoms. The Labute approximate surface area is 227 Å². The van der Waals surface area contributed by atoms with Crippen LogP contribution >= 0.6 is 11.3 Å². The van der Waals surface area contributed by atoms with E-state index in [1.54, 1.807) is 11.3 Å². The summed E-state index contributed by atoms with van der Waals surface area (Å²) in [5.74, 6) is 2.13. The lowest BCUT2D eigenvalue weighted by Crippen LogP contribution is -2.21. The molecular weight excluding hydrogens is 472 g/mol. The zero-order valence-corrected chi connectivity index (χ0v) is 23.5. The van der Waals surface area contributed by atoms with Crippen molar-refractivity contribution < 1.29 is 0 Å². The SMILES string of the molecule is C=C(CC)c1ccc(Cn2c(/C=C3\C(=C)N(CCC)C(=C)N3Cc3cccs3)cnc2CCCC)cc1. The first-order chi connectivity index (χ1) is 18.0. The molecule has 0 amide bonds. The van der Waals surface area contributed by atoms with Gasteiger partial charge in [0.05, 0.1) is 29.8 Å². The minimum atomic E-state index is 0.786. The second-order valence-electron chi connectivity index (χ2n) is 9.65. The number of aryl methyl sites for hydroxylation is 1. The summed E-state index contributed by atoms with van der Waals surface area (Å²) in [5.41, 5.74) is 6.86. The smallest absolute Gasteiger partial charge is 0.109 e. The van der Waals surface area contributed by atoms with Crippen molar-refractivity contribution in [1.82, 2.24) is 19.4 Å². The van der Waals surface area contributed by atoms with Crippen molar-refractivity contribution in [2.24, 2.45) is 0 Å². The number of thiophene rings is 1. The summed E-state index contributed by atoms with van der Waals surface area (Å²) in [6.45, 7) is 22.2. The summed E-state index contributed by atoms with van der Waals surface area (Å²) >= 11 is 1.78. The molecule has 2 aromatic heterocycles. The average Bonchev–Trinajstić information content (AvgIpc) is 3.61. The fourth-order valence-corrected chi connectivity index (χ4v) is 5.44. The Hall–Kier alpha value is -3.31. The third-order valence-corrected chi connectivity index (χ3v) is 7.88. The molecular formula is C32H40N4S. The van der Waals surface area contributed by atoms with Crippen LogP contribution < -0.4 is 0 Å². The lowest BCUT2D eigenvalue weighted by molar-refractivity contribution is 0.361. The second kappa shape index (κ2) is 12.3. The third-order valence-electron chi connectivity index (χ3n) is 7.01. The standard InChI is InChI=1S/C32H40N4S/c1-7-10-13-32-33-21-29(36(32)22-27-14-16-28(17-15-27)24(4)9-3)20-31-25(5)34(18-8-2)26(6)35(31)23-30-12-11-19-37-30/h11-12,14-17,19-21H,4-10,13,18,22-23H2,1-3H3/b31-20+. The number of rotatable bonds is 12. The normalized spacial score (nSPS) is 14.8. The number of unbranched alkanes of at least 4 members (excludes halogenated alkanes) is 1. The molecule has 1 fully saturated rings. The number of aromatic nitrogens is 2. The molecule has 1 aromatic carbocycles. The van der Waals surface area contributed by atoms with Crippen LogP contribution in [0, 0.1) is 0 Å². The number of hydrogen-bond donors (Lipinski definition) is 0. The van der Waals surface area contributed by atoms with Crippen molar-refractivity contribution in [2.45, 2.75) is 66.0 Å². The summed E-state index contributed by atoms with van der Waals surface area (Å²) in [5, 5.41) is 2.13. The van der Waals surface area contributed by atoms with E-state index in [-0.39, 0.29) is 0 Å². The average molecular weight is 513 g/mol. The van der Waals surface area contributed by atoms with Gasteiger partial charge in [0.1, 0.15) is 11.6 Å². The van der Waals surface area contributed by atoms with Crippen LogP contribution in [0.1, 0.15) is 74.0 Å². The summed E-state index contributed by atoms with van der Waals surface area (Å²) in [4.78, 5) is 10.7. The lowest BCUT2D eigenvalue weighted by atomic mass is 10.0.